The number of phosphoric acid groups is 1. The third-order valence-electron chi connectivity index (χ3n) is 1.48. The molecule has 0 radical (unpaired) electrons. The number of aliphatic hydroxyl groups is 3. The zero-order valence-electron chi connectivity index (χ0n) is 7.85. The molecule has 15 heavy (non-hydrogen) atoms. The van der Waals surface area contributed by atoms with Crippen molar-refractivity contribution in [1.29, 1.82) is 0 Å². The summed E-state index contributed by atoms with van der Waals surface area (Å²) in [5.41, 5.74) is 0. The number of aliphatic hydroxyl groups excluding tert-OH is 3. The monoisotopic (exact) mass is 260 g/mol. The van der Waals surface area contributed by atoms with Gasteiger partial charge in [-0.3, -0.25) is 4.52 Å². The first-order valence-corrected chi connectivity index (χ1v) is 5.87. The fourth-order valence-electron chi connectivity index (χ4n) is 0.701. The highest BCUT2D eigenvalue weighted by molar-refractivity contribution is 7.80. The van der Waals surface area contributed by atoms with Gasteiger partial charge in [-0.1, -0.05) is 12.2 Å². The molecule has 0 aliphatic carbocycles. The van der Waals surface area contributed by atoms with Crippen LogP contribution in [-0.4, -0.2) is 54.9 Å². The standard InChI is InChI=1S/C6H13O7PS/c1-3(7)6(15)5(9)4(8)2-13-14(10,11)12/h3-5,7-9H,2H2,1H3,(H2,10,11,12)/t3?,4-,5-/m1/s1. The van der Waals surface area contributed by atoms with Crippen LogP contribution in [0.15, 0.2) is 0 Å². The fraction of sp³-hybridized carbons (Fsp3) is 0.833. The summed E-state index contributed by atoms with van der Waals surface area (Å²) in [7, 11) is -4.69. The Morgan fingerprint density at radius 3 is 2.20 bits per heavy atom. The highest BCUT2D eigenvalue weighted by atomic mass is 32.1. The van der Waals surface area contributed by atoms with Gasteiger partial charge in [0, 0.05) is 0 Å². The van der Waals surface area contributed by atoms with Gasteiger partial charge in [0.1, 0.15) is 12.2 Å². The van der Waals surface area contributed by atoms with E-state index in [1.807, 2.05) is 0 Å². The molecule has 0 aliphatic heterocycles. The topological polar surface area (TPSA) is 127 Å². The Labute approximate surface area is 91.6 Å². The van der Waals surface area contributed by atoms with Crippen molar-refractivity contribution in [2.24, 2.45) is 0 Å². The van der Waals surface area contributed by atoms with Gasteiger partial charge in [0.25, 0.3) is 0 Å². The van der Waals surface area contributed by atoms with Gasteiger partial charge in [-0.25, -0.2) is 4.57 Å². The van der Waals surface area contributed by atoms with Crippen LogP contribution in [0.5, 0.6) is 0 Å². The molecule has 1 unspecified atom stereocenters. The molecule has 0 saturated heterocycles. The summed E-state index contributed by atoms with van der Waals surface area (Å²) in [4.78, 5) is 16.4. The fourth-order valence-corrected chi connectivity index (χ4v) is 1.21. The third kappa shape index (κ3) is 6.29. The molecule has 0 rings (SSSR count). The normalized spacial score (nSPS) is 18.3. The van der Waals surface area contributed by atoms with Crippen LogP contribution >= 0.6 is 20.0 Å². The van der Waals surface area contributed by atoms with E-state index in [1.54, 1.807) is 0 Å². The highest BCUT2D eigenvalue weighted by Gasteiger charge is 2.26. The average Bonchev–Trinajstić information content (AvgIpc) is 2.10. The summed E-state index contributed by atoms with van der Waals surface area (Å²) < 4.78 is 14.2. The summed E-state index contributed by atoms with van der Waals surface area (Å²) in [6.07, 6.45) is -4.29. The van der Waals surface area contributed by atoms with Crippen molar-refractivity contribution in [2.45, 2.75) is 25.2 Å². The molecule has 5 N–H and O–H groups in total. The average molecular weight is 260 g/mol. The van der Waals surface area contributed by atoms with Crippen LogP contribution in [0.25, 0.3) is 0 Å². The molecule has 0 bridgehead atoms. The van der Waals surface area contributed by atoms with Gasteiger partial charge >= 0.3 is 7.82 Å². The Kier molecular flexibility index (Phi) is 6.01. The molecule has 0 aromatic rings. The molecule has 90 valence electrons. The maximum Gasteiger partial charge on any atom is 0.469 e. The van der Waals surface area contributed by atoms with Gasteiger partial charge < -0.3 is 25.1 Å². The van der Waals surface area contributed by atoms with E-state index in [9.17, 15) is 14.8 Å². The Balaban J connectivity index is 4.16. The van der Waals surface area contributed by atoms with E-state index in [0.717, 1.165) is 0 Å². The van der Waals surface area contributed by atoms with E-state index in [2.05, 4.69) is 16.7 Å². The lowest BCUT2D eigenvalue weighted by atomic mass is 10.1. The van der Waals surface area contributed by atoms with Crippen LogP contribution < -0.4 is 0 Å². The van der Waals surface area contributed by atoms with Gasteiger partial charge in [-0.15, -0.1) is 0 Å². The summed E-state index contributed by atoms with van der Waals surface area (Å²) >= 11 is 4.57. The van der Waals surface area contributed by atoms with Crippen LogP contribution in [0.4, 0.5) is 0 Å². The van der Waals surface area contributed by atoms with E-state index >= 15 is 0 Å². The molecule has 9 heteroatoms. The smallest absolute Gasteiger partial charge is 0.388 e. The molecule has 0 amide bonds. The molecule has 0 aromatic carbocycles. The second-order valence-electron chi connectivity index (χ2n) is 2.88. The minimum absolute atomic E-state index is 0.225. The number of hydrogen-bond acceptors (Lipinski definition) is 6. The molecule has 0 heterocycles. The van der Waals surface area contributed by atoms with Crippen LogP contribution in [0.1, 0.15) is 6.92 Å². The zero-order valence-corrected chi connectivity index (χ0v) is 9.56. The first-order chi connectivity index (χ1) is 6.65. The number of rotatable bonds is 6. The number of hydrogen-bond donors (Lipinski definition) is 5. The number of thiocarbonyl (C=S) groups is 1. The van der Waals surface area contributed by atoms with Crippen molar-refractivity contribution in [2.75, 3.05) is 6.61 Å². The first-order valence-electron chi connectivity index (χ1n) is 3.93. The molecule has 0 spiro atoms. The van der Waals surface area contributed by atoms with Crippen molar-refractivity contribution in [3.05, 3.63) is 0 Å². The SMILES string of the molecule is CC(O)C(=S)[C@H](O)[C@H](O)COP(=O)(O)O. The largest absolute Gasteiger partial charge is 0.469 e. The molecule has 0 saturated carbocycles. The lowest BCUT2D eigenvalue weighted by molar-refractivity contribution is 0.0147. The lowest BCUT2D eigenvalue weighted by Crippen LogP contribution is -2.40. The third-order valence-corrected chi connectivity index (χ3v) is 2.55. The van der Waals surface area contributed by atoms with Crippen molar-refractivity contribution < 1.29 is 34.2 Å². The van der Waals surface area contributed by atoms with Crippen LogP contribution in [0.2, 0.25) is 0 Å². The second-order valence-corrected chi connectivity index (χ2v) is 4.59. The lowest BCUT2D eigenvalue weighted by Gasteiger charge is -2.20. The van der Waals surface area contributed by atoms with E-state index in [1.165, 1.54) is 6.92 Å². The molecular formula is C6H13O7PS. The zero-order chi connectivity index (χ0) is 12.2. The van der Waals surface area contributed by atoms with Crippen LogP contribution in [0.3, 0.4) is 0 Å². The van der Waals surface area contributed by atoms with Crippen molar-refractivity contribution in [3.8, 4) is 0 Å². The van der Waals surface area contributed by atoms with Gasteiger partial charge in [0.2, 0.25) is 0 Å². The maximum atomic E-state index is 10.3. The summed E-state index contributed by atoms with van der Waals surface area (Å²) in [6.45, 7) is 0.514. The van der Waals surface area contributed by atoms with Crippen LogP contribution in [0, 0.1) is 0 Å². The Morgan fingerprint density at radius 2 is 1.87 bits per heavy atom. The molecule has 0 aliphatic rings. The van der Waals surface area contributed by atoms with E-state index in [4.69, 9.17) is 14.9 Å². The second kappa shape index (κ2) is 5.97. The molecule has 0 aromatic heterocycles. The summed E-state index contributed by atoms with van der Waals surface area (Å²) in [5.74, 6) is 0. The summed E-state index contributed by atoms with van der Waals surface area (Å²) in [6, 6.07) is 0. The van der Waals surface area contributed by atoms with E-state index in [0.29, 0.717) is 0 Å². The van der Waals surface area contributed by atoms with Gasteiger partial charge in [-0.2, -0.15) is 0 Å². The van der Waals surface area contributed by atoms with Gasteiger partial charge in [0.15, 0.2) is 0 Å². The Hall–Kier alpha value is 0.0800. The number of phosphoric ester groups is 1. The van der Waals surface area contributed by atoms with E-state index < -0.39 is 32.7 Å². The molecule has 3 atom stereocenters. The van der Waals surface area contributed by atoms with Crippen molar-refractivity contribution in [1.82, 2.24) is 0 Å². The molecule has 0 fully saturated rings. The van der Waals surface area contributed by atoms with E-state index in [-0.39, 0.29) is 4.86 Å². The summed E-state index contributed by atoms with van der Waals surface area (Å²) in [5, 5.41) is 27.4. The van der Waals surface area contributed by atoms with Gasteiger partial charge in [0.05, 0.1) is 17.6 Å². The molecular weight excluding hydrogens is 247 g/mol. The highest BCUT2D eigenvalue weighted by Crippen LogP contribution is 2.35. The predicted octanol–water partition coefficient (Wildman–Crippen LogP) is -1.43. The quantitative estimate of drug-likeness (QED) is 0.290. The Bertz CT molecular complexity index is 262. The van der Waals surface area contributed by atoms with Crippen molar-refractivity contribution in [3.63, 3.8) is 0 Å². The Morgan fingerprint density at radius 1 is 1.40 bits per heavy atom. The maximum absolute atomic E-state index is 10.3. The van der Waals surface area contributed by atoms with Crippen LogP contribution in [-0.2, 0) is 9.09 Å². The van der Waals surface area contributed by atoms with Crippen molar-refractivity contribution >= 4 is 24.9 Å². The molecule has 7 nitrogen and oxygen atoms in total. The predicted molar refractivity (Wildman–Crippen MR) is 54.3 cm³/mol. The minimum atomic E-state index is -4.69. The van der Waals surface area contributed by atoms with Gasteiger partial charge in [-0.05, 0) is 6.92 Å². The minimum Gasteiger partial charge on any atom is -0.388 e. The first kappa shape index (κ1) is 15.1.